The molecule has 2 atom stereocenters. The standard InChI is InChI=1S/C28H27BrN4OS/c1-17-15-21(10-13-24(17)29)33-27(26(31-28(33)35)25-7-5-6-14-30-25)23-16-18(2)32(19(23)3)20-8-11-22(34-4)12-9-20/h5-16,26-27H,1-4H3,(H,31,35)/t26-,27-/m0/s1. The number of benzene rings is 2. The average molecular weight is 548 g/mol. The summed E-state index contributed by atoms with van der Waals surface area (Å²) < 4.78 is 8.73. The normalized spacial score (nSPS) is 17.5. The van der Waals surface area contributed by atoms with E-state index in [2.05, 4.69) is 98.9 Å². The zero-order valence-electron chi connectivity index (χ0n) is 20.1. The summed E-state index contributed by atoms with van der Waals surface area (Å²) in [7, 11) is 1.69. The molecule has 0 unspecified atom stereocenters. The number of hydrogen-bond acceptors (Lipinski definition) is 3. The van der Waals surface area contributed by atoms with Gasteiger partial charge in [0, 0.05) is 33.4 Å². The Kier molecular flexibility index (Phi) is 6.38. The van der Waals surface area contributed by atoms with Crippen LogP contribution in [-0.2, 0) is 0 Å². The summed E-state index contributed by atoms with van der Waals surface area (Å²) in [4.78, 5) is 6.92. The lowest BCUT2D eigenvalue weighted by Crippen LogP contribution is -2.29. The first-order valence-electron chi connectivity index (χ1n) is 11.5. The van der Waals surface area contributed by atoms with Crippen LogP contribution in [0.15, 0.2) is 77.4 Å². The van der Waals surface area contributed by atoms with Crippen molar-refractivity contribution in [3.63, 3.8) is 0 Å². The Balaban J connectivity index is 1.66. The van der Waals surface area contributed by atoms with Crippen LogP contribution in [-0.4, -0.2) is 21.8 Å². The molecule has 5 rings (SSSR count). The maximum Gasteiger partial charge on any atom is 0.174 e. The molecule has 0 bridgehead atoms. The van der Waals surface area contributed by atoms with Crippen LogP contribution in [0.25, 0.3) is 5.69 Å². The number of hydrogen-bond donors (Lipinski definition) is 1. The van der Waals surface area contributed by atoms with Gasteiger partial charge in [0.2, 0.25) is 0 Å². The molecule has 0 saturated carbocycles. The number of thiocarbonyl (C=S) groups is 1. The minimum Gasteiger partial charge on any atom is -0.497 e. The third kappa shape index (κ3) is 4.23. The monoisotopic (exact) mass is 546 g/mol. The SMILES string of the molecule is COc1ccc(-n2c(C)cc([C@H]3[C@H](c4ccccn4)NC(=S)N3c3ccc(Br)c(C)c3)c2C)cc1. The van der Waals surface area contributed by atoms with E-state index >= 15 is 0 Å². The van der Waals surface area contributed by atoms with Crippen LogP contribution >= 0.6 is 28.1 Å². The number of nitrogens with zero attached hydrogens (tertiary/aromatic N) is 3. The van der Waals surface area contributed by atoms with E-state index in [9.17, 15) is 0 Å². The summed E-state index contributed by atoms with van der Waals surface area (Å²) >= 11 is 9.54. The number of ether oxygens (including phenoxy) is 1. The largest absolute Gasteiger partial charge is 0.497 e. The third-order valence-corrected chi connectivity index (χ3v) is 7.84. The fourth-order valence-corrected chi connectivity index (χ4v) is 5.54. The summed E-state index contributed by atoms with van der Waals surface area (Å²) in [5.41, 5.74) is 7.82. The second-order valence-electron chi connectivity index (χ2n) is 8.79. The summed E-state index contributed by atoms with van der Waals surface area (Å²) in [5, 5.41) is 4.27. The van der Waals surface area contributed by atoms with Crippen LogP contribution in [0.3, 0.4) is 0 Å². The van der Waals surface area contributed by atoms with E-state index in [0.717, 1.165) is 38.5 Å². The highest BCUT2D eigenvalue weighted by atomic mass is 79.9. The van der Waals surface area contributed by atoms with Crippen molar-refractivity contribution in [2.75, 3.05) is 12.0 Å². The van der Waals surface area contributed by atoms with Crippen molar-refractivity contribution in [3.05, 3.63) is 106 Å². The van der Waals surface area contributed by atoms with Crippen molar-refractivity contribution in [1.29, 1.82) is 0 Å². The van der Waals surface area contributed by atoms with Gasteiger partial charge >= 0.3 is 0 Å². The molecule has 2 aromatic heterocycles. The zero-order chi connectivity index (χ0) is 24.7. The molecule has 178 valence electrons. The van der Waals surface area contributed by atoms with Crippen LogP contribution in [0.5, 0.6) is 5.75 Å². The van der Waals surface area contributed by atoms with E-state index in [1.54, 1.807) is 7.11 Å². The highest BCUT2D eigenvalue weighted by Crippen LogP contribution is 2.44. The second kappa shape index (κ2) is 9.47. The van der Waals surface area contributed by atoms with Crippen molar-refractivity contribution >= 4 is 38.9 Å². The molecular weight excluding hydrogens is 520 g/mol. The predicted octanol–water partition coefficient (Wildman–Crippen LogP) is 6.75. The lowest BCUT2D eigenvalue weighted by atomic mass is 9.96. The summed E-state index contributed by atoms with van der Waals surface area (Å²) in [6.07, 6.45) is 1.84. The number of aryl methyl sites for hydroxylation is 2. The van der Waals surface area contributed by atoms with Gasteiger partial charge < -0.3 is 19.5 Å². The number of nitrogens with one attached hydrogen (secondary N) is 1. The minimum atomic E-state index is -0.0857. The Morgan fingerprint density at radius 1 is 0.971 bits per heavy atom. The van der Waals surface area contributed by atoms with Gasteiger partial charge in [0.05, 0.1) is 24.9 Å². The van der Waals surface area contributed by atoms with Crippen LogP contribution in [0, 0.1) is 20.8 Å². The number of methoxy groups -OCH3 is 1. The van der Waals surface area contributed by atoms with Crippen molar-refractivity contribution in [2.24, 2.45) is 0 Å². The Bertz CT molecular complexity index is 1380. The van der Waals surface area contributed by atoms with Crippen LogP contribution in [0.2, 0.25) is 0 Å². The molecule has 1 aliphatic heterocycles. The molecule has 1 fully saturated rings. The molecule has 35 heavy (non-hydrogen) atoms. The van der Waals surface area contributed by atoms with Crippen molar-refractivity contribution < 1.29 is 4.74 Å². The summed E-state index contributed by atoms with van der Waals surface area (Å²) in [5.74, 6) is 0.841. The number of pyridine rings is 1. The maximum atomic E-state index is 5.91. The maximum absolute atomic E-state index is 5.91. The summed E-state index contributed by atoms with van der Waals surface area (Å²) in [6, 6.07) is 22.7. The Morgan fingerprint density at radius 3 is 2.37 bits per heavy atom. The molecule has 0 amide bonds. The van der Waals surface area contributed by atoms with E-state index in [4.69, 9.17) is 17.0 Å². The van der Waals surface area contributed by atoms with E-state index in [1.165, 1.54) is 11.3 Å². The van der Waals surface area contributed by atoms with Gasteiger partial charge in [0.1, 0.15) is 5.75 Å². The van der Waals surface area contributed by atoms with Gasteiger partial charge in [0.15, 0.2) is 5.11 Å². The van der Waals surface area contributed by atoms with Crippen LogP contribution < -0.4 is 15.0 Å². The molecular formula is C28H27BrN4OS. The van der Waals surface area contributed by atoms with Gasteiger partial charge in [-0.25, -0.2) is 0 Å². The molecule has 0 spiro atoms. The average Bonchev–Trinajstić information content (AvgIpc) is 3.36. The first-order valence-corrected chi connectivity index (χ1v) is 12.7. The van der Waals surface area contributed by atoms with Crippen LogP contribution in [0.1, 0.15) is 40.3 Å². The van der Waals surface area contributed by atoms with Crippen molar-refractivity contribution in [1.82, 2.24) is 14.9 Å². The predicted molar refractivity (Wildman–Crippen MR) is 149 cm³/mol. The Labute approximate surface area is 219 Å². The highest BCUT2D eigenvalue weighted by molar-refractivity contribution is 9.10. The first-order chi connectivity index (χ1) is 16.9. The molecule has 1 saturated heterocycles. The molecule has 5 nitrogen and oxygen atoms in total. The molecule has 3 heterocycles. The van der Waals surface area contributed by atoms with Gasteiger partial charge in [-0.3, -0.25) is 4.98 Å². The fraction of sp³-hybridized carbons (Fsp3) is 0.214. The topological polar surface area (TPSA) is 42.3 Å². The van der Waals surface area contributed by atoms with Gasteiger partial charge in [-0.05, 0) is 105 Å². The number of halogens is 1. The molecule has 0 aliphatic carbocycles. The molecule has 4 aromatic rings. The van der Waals surface area contributed by atoms with Crippen LogP contribution in [0.4, 0.5) is 5.69 Å². The number of rotatable bonds is 5. The van der Waals surface area contributed by atoms with Crippen molar-refractivity contribution in [2.45, 2.75) is 32.9 Å². The summed E-state index contributed by atoms with van der Waals surface area (Å²) in [6.45, 7) is 6.42. The smallest absolute Gasteiger partial charge is 0.174 e. The second-order valence-corrected chi connectivity index (χ2v) is 10.0. The third-order valence-electron chi connectivity index (χ3n) is 6.64. The Hall–Kier alpha value is -3.16. The molecule has 2 aromatic carbocycles. The van der Waals surface area contributed by atoms with E-state index in [-0.39, 0.29) is 12.1 Å². The molecule has 1 N–H and O–H groups in total. The van der Waals surface area contributed by atoms with Gasteiger partial charge in [0.25, 0.3) is 0 Å². The Morgan fingerprint density at radius 2 is 1.71 bits per heavy atom. The van der Waals surface area contributed by atoms with Gasteiger partial charge in [-0.2, -0.15) is 0 Å². The van der Waals surface area contributed by atoms with Gasteiger partial charge in [-0.15, -0.1) is 0 Å². The van der Waals surface area contributed by atoms with E-state index in [1.807, 2.05) is 30.5 Å². The quantitative estimate of drug-likeness (QED) is 0.280. The lowest BCUT2D eigenvalue weighted by Gasteiger charge is -2.28. The highest BCUT2D eigenvalue weighted by Gasteiger charge is 2.42. The first kappa shape index (κ1) is 23.6. The fourth-order valence-electron chi connectivity index (χ4n) is 4.94. The van der Waals surface area contributed by atoms with E-state index < -0.39 is 0 Å². The zero-order valence-corrected chi connectivity index (χ0v) is 22.5. The lowest BCUT2D eigenvalue weighted by molar-refractivity contribution is 0.414. The number of aromatic nitrogens is 2. The molecule has 1 aliphatic rings. The van der Waals surface area contributed by atoms with Gasteiger partial charge in [-0.1, -0.05) is 22.0 Å². The molecule has 7 heteroatoms. The van der Waals surface area contributed by atoms with Crippen molar-refractivity contribution in [3.8, 4) is 11.4 Å². The van der Waals surface area contributed by atoms with E-state index in [0.29, 0.717) is 5.11 Å². The minimum absolute atomic E-state index is 0.0591. The molecule has 0 radical (unpaired) electrons. The number of anilines is 1.